The summed E-state index contributed by atoms with van der Waals surface area (Å²) in [7, 11) is 0. The molecule has 0 aliphatic carbocycles. The molecule has 0 aliphatic rings. The number of hydrogen-bond acceptors (Lipinski definition) is 3. The minimum Gasteiger partial charge on any atom is -0.411 e. The van der Waals surface area contributed by atoms with Crippen LogP contribution in [0.4, 0.5) is 0 Å². The highest BCUT2D eigenvalue weighted by atomic mass is 16.5. The van der Waals surface area contributed by atoms with Crippen LogP contribution in [0.15, 0.2) is 18.3 Å². The quantitative estimate of drug-likeness (QED) is 0.389. The van der Waals surface area contributed by atoms with Crippen molar-refractivity contribution in [2.24, 2.45) is 5.73 Å². The standard InChI is InChI=1S/C10H12N4O/c1-2-6-4-9-7(5-13-14(9)15)3-8(6)10(11)12/h3-5,15H,2H2,1H3,(H3,11,12). The van der Waals surface area contributed by atoms with Gasteiger partial charge in [0.1, 0.15) is 11.4 Å². The van der Waals surface area contributed by atoms with Gasteiger partial charge in [-0.1, -0.05) is 6.92 Å². The molecule has 1 aromatic carbocycles. The zero-order chi connectivity index (χ0) is 11.0. The van der Waals surface area contributed by atoms with E-state index in [2.05, 4.69) is 5.10 Å². The van der Waals surface area contributed by atoms with Crippen LogP contribution in [0, 0.1) is 5.41 Å². The fourth-order valence-corrected chi connectivity index (χ4v) is 1.65. The van der Waals surface area contributed by atoms with Gasteiger partial charge in [0.2, 0.25) is 0 Å². The summed E-state index contributed by atoms with van der Waals surface area (Å²) in [5.74, 6) is 0.0411. The summed E-state index contributed by atoms with van der Waals surface area (Å²) in [6.45, 7) is 1.98. The summed E-state index contributed by atoms with van der Waals surface area (Å²) in [6.07, 6.45) is 2.30. The van der Waals surface area contributed by atoms with Gasteiger partial charge in [0.05, 0.1) is 6.20 Å². The lowest BCUT2D eigenvalue weighted by Gasteiger charge is -2.06. The number of benzene rings is 1. The molecule has 4 N–H and O–H groups in total. The molecule has 1 aromatic heterocycles. The molecule has 0 aliphatic heterocycles. The minimum atomic E-state index is 0.0411. The van der Waals surface area contributed by atoms with E-state index in [0.717, 1.165) is 22.2 Å². The van der Waals surface area contributed by atoms with E-state index in [1.54, 1.807) is 18.3 Å². The van der Waals surface area contributed by atoms with Gasteiger partial charge in [-0.15, -0.1) is 9.94 Å². The van der Waals surface area contributed by atoms with Gasteiger partial charge in [-0.2, -0.15) is 0 Å². The van der Waals surface area contributed by atoms with Crippen LogP contribution in [0.5, 0.6) is 0 Å². The number of hydrogen-bond donors (Lipinski definition) is 3. The molecule has 0 amide bonds. The second-order valence-electron chi connectivity index (χ2n) is 3.37. The Labute approximate surface area is 86.6 Å². The number of nitrogens with one attached hydrogen (secondary N) is 1. The lowest BCUT2D eigenvalue weighted by Crippen LogP contribution is -2.13. The second-order valence-corrected chi connectivity index (χ2v) is 3.37. The Morgan fingerprint density at radius 3 is 2.93 bits per heavy atom. The number of nitrogens with two attached hydrogens (primary N) is 1. The molecule has 5 heteroatoms. The minimum absolute atomic E-state index is 0.0411. The van der Waals surface area contributed by atoms with Crippen LogP contribution in [0.25, 0.3) is 10.9 Å². The van der Waals surface area contributed by atoms with Crippen LogP contribution in [0.3, 0.4) is 0 Å². The molecule has 0 fully saturated rings. The van der Waals surface area contributed by atoms with Crippen molar-refractivity contribution >= 4 is 16.7 Å². The lowest BCUT2D eigenvalue weighted by molar-refractivity contribution is 0.161. The predicted octanol–water partition coefficient (Wildman–Crippen LogP) is 1.12. The Morgan fingerprint density at radius 1 is 1.60 bits per heavy atom. The number of aryl methyl sites for hydroxylation is 1. The largest absolute Gasteiger partial charge is 0.411 e. The maximum atomic E-state index is 9.38. The van der Waals surface area contributed by atoms with Crippen molar-refractivity contribution in [2.75, 3.05) is 0 Å². The zero-order valence-corrected chi connectivity index (χ0v) is 8.36. The molecule has 0 spiro atoms. The Morgan fingerprint density at radius 2 is 2.33 bits per heavy atom. The van der Waals surface area contributed by atoms with E-state index >= 15 is 0 Å². The van der Waals surface area contributed by atoms with E-state index in [1.165, 1.54) is 0 Å². The van der Waals surface area contributed by atoms with Crippen molar-refractivity contribution in [2.45, 2.75) is 13.3 Å². The normalized spacial score (nSPS) is 10.7. The molecule has 0 atom stereocenters. The fraction of sp³-hybridized carbons (Fsp3) is 0.200. The molecule has 2 rings (SSSR count). The topological polar surface area (TPSA) is 87.9 Å². The van der Waals surface area contributed by atoms with Crippen LogP contribution in [0.2, 0.25) is 0 Å². The maximum Gasteiger partial charge on any atom is 0.123 e. The third-order valence-corrected chi connectivity index (χ3v) is 2.45. The van der Waals surface area contributed by atoms with Crippen molar-refractivity contribution in [3.05, 3.63) is 29.5 Å². The van der Waals surface area contributed by atoms with E-state index in [9.17, 15) is 5.21 Å². The van der Waals surface area contributed by atoms with Crippen molar-refractivity contribution in [1.82, 2.24) is 9.94 Å². The van der Waals surface area contributed by atoms with E-state index in [1.807, 2.05) is 6.92 Å². The fourth-order valence-electron chi connectivity index (χ4n) is 1.65. The maximum absolute atomic E-state index is 9.38. The first-order valence-electron chi connectivity index (χ1n) is 4.67. The van der Waals surface area contributed by atoms with Crippen molar-refractivity contribution < 1.29 is 5.21 Å². The Bertz CT molecular complexity index is 529. The lowest BCUT2D eigenvalue weighted by atomic mass is 10.0. The average molecular weight is 204 g/mol. The van der Waals surface area contributed by atoms with E-state index < -0.39 is 0 Å². The highest BCUT2D eigenvalue weighted by Crippen LogP contribution is 2.19. The molecule has 0 unspecified atom stereocenters. The Kier molecular flexibility index (Phi) is 2.07. The van der Waals surface area contributed by atoms with Crippen LogP contribution in [-0.2, 0) is 6.42 Å². The van der Waals surface area contributed by atoms with Gasteiger partial charge in [0.25, 0.3) is 0 Å². The van der Waals surface area contributed by atoms with Crippen molar-refractivity contribution in [3.63, 3.8) is 0 Å². The summed E-state index contributed by atoms with van der Waals surface area (Å²) in [5, 5.41) is 21.3. The molecular weight excluding hydrogens is 192 g/mol. The molecule has 0 radical (unpaired) electrons. The zero-order valence-electron chi connectivity index (χ0n) is 8.36. The Balaban J connectivity index is 2.76. The predicted molar refractivity (Wildman–Crippen MR) is 57.3 cm³/mol. The molecular formula is C10H12N4O. The van der Waals surface area contributed by atoms with E-state index in [-0.39, 0.29) is 5.84 Å². The third kappa shape index (κ3) is 1.41. The highest BCUT2D eigenvalue weighted by Gasteiger charge is 2.09. The molecule has 78 valence electrons. The molecule has 0 bridgehead atoms. The number of nitrogen functional groups attached to an aromatic ring is 1. The Hall–Kier alpha value is -2.04. The number of aromatic nitrogens is 2. The molecule has 5 nitrogen and oxygen atoms in total. The first-order valence-corrected chi connectivity index (χ1v) is 4.67. The van der Waals surface area contributed by atoms with Crippen LogP contribution < -0.4 is 5.73 Å². The van der Waals surface area contributed by atoms with Crippen LogP contribution >= 0.6 is 0 Å². The first-order chi connectivity index (χ1) is 7.13. The summed E-state index contributed by atoms with van der Waals surface area (Å²) < 4.78 is 0. The molecule has 2 aromatic rings. The smallest absolute Gasteiger partial charge is 0.123 e. The van der Waals surface area contributed by atoms with Gasteiger partial charge in [-0.3, -0.25) is 5.41 Å². The van der Waals surface area contributed by atoms with Gasteiger partial charge in [0, 0.05) is 10.9 Å². The van der Waals surface area contributed by atoms with Gasteiger partial charge in [-0.05, 0) is 24.1 Å². The second kappa shape index (κ2) is 3.27. The molecule has 15 heavy (non-hydrogen) atoms. The molecule has 0 saturated heterocycles. The number of fused-ring (bicyclic) bond motifs is 1. The van der Waals surface area contributed by atoms with Crippen LogP contribution in [0.1, 0.15) is 18.1 Å². The first kappa shape index (κ1) is 9.51. The van der Waals surface area contributed by atoms with Gasteiger partial charge in [0.15, 0.2) is 0 Å². The molecule has 0 saturated carbocycles. The summed E-state index contributed by atoms with van der Waals surface area (Å²) in [5.41, 5.74) is 7.76. The summed E-state index contributed by atoms with van der Waals surface area (Å²) >= 11 is 0. The summed E-state index contributed by atoms with van der Waals surface area (Å²) in [6, 6.07) is 3.58. The van der Waals surface area contributed by atoms with Crippen LogP contribution in [-0.4, -0.2) is 21.0 Å². The SMILES string of the molecule is CCc1cc2c(cnn2O)cc1C(=N)N. The highest BCUT2D eigenvalue weighted by molar-refractivity contribution is 6.00. The van der Waals surface area contributed by atoms with Gasteiger partial charge >= 0.3 is 0 Å². The van der Waals surface area contributed by atoms with E-state index in [4.69, 9.17) is 11.1 Å². The third-order valence-electron chi connectivity index (χ3n) is 2.45. The van der Waals surface area contributed by atoms with Crippen molar-refractivity contribution in [3.8, 4) is 0 Å². The number of rotatable bonds is 2. The number of nitrogens with zero attached hydrogens (tertiary/aromatic N) is 2. The van der Waals surface area contributed by atoms with Crippen molar-refractivity contribution in [1.29, 1.82) is 5.41 Å². The molecule has 1 heterocycles. The summed E-state index contributed by atoms with van der Waals surface area (Å²) in [4.78, 5) is 0.832. The average Bonchev–Trinajstić information content (AvgIpc) is 2.58. The number of amidine groups is 1. The van der Waals surface area contributed by atoms with E-state index in [0.29, 0.717) is 11.1 Å². The monoisotopic (exact) mass is 204 g/mol. The van der Waals surface area contributed by atoms with Gasteiger partial charge in [-0.25, -0.2) is 0 Å². The van der Waals surface area contributed by atoms with Gasteiger partial charge < -0.3 is 10.9 Å².